The Morgan fingerprint density at radius 1 is 0.857 bits per heavy atom. The van der Waals surface area contributed by atoms with E-state index in [1.807, 2.05) is 42.5 Å². The smallest absolute Gasteiger partial charge is 0.416 e. The second-order valence-corrected chi connectivity index (χ2v) is 8.49. The zero-order valence-corrected chi connectivity index (χ0v) is 20.7. The molecular weight excluding hydrogens is 471 g/mol. The van der Waals surface area contributed by atoms with E-state index >= 15 is 0 Å². The number of nitrogens with one attached hydrogen (secondary N) is 1. The molecule has 4 rings (SSSR count). The maximum atomic E-state index is 13.1. The second-order valence-electron chi connectivity index (χ2n) is 8.49. The first-order valence-electron chi connectivity index (χ1n) is 11.4. The van der Waals surface area contributed by atoms with Gasteiger partial charge in [-0.15, -0.1) is 12.4 Å². The van der Waals surface area contributed by atoms with Crippen LogP contribution in [0.15, 0.2) is 84.9 Å². The number of ether oxygens (including phenoxy) is 1. The Kier molecular flexibility index (Phi) is 8.47. The van der Waals surface area contributed by atoms with Crippen LogP contribution in [0.3, 0.4) is 0 Å². The van der Waals surface area contributed by atoms with Gasteiger partial charge in [-0.2, -0.15) is 13.2 Å². The van der Waals surface area contributed by atoms with Crippen LogP contribution >= 0.6 is 12.4 Å². The molecule has 35 heavy (non-hydrogen) atoms. The molecule has 1 N–H and O–H groups in total. The van der Waals surface area contributed by atoms with Crippen molar-refractivity contribution in [3.05, 3.63) is 102 Å². The molecule has 184 valence electrons. The van der Waals surface area contributed by atoms with Crippen molar-refractivity contribution in [2.24, 2.45) is 0 Å². The Morgan fingerprint density at radius 2 is 1.57 bits per heavy atom. The third-order valence-electron chi connectivity index (χ3n) is 6.26. The molecule has 0 heterocycles. The highest BCUT2D eigenvalue weighted by atomic mass is 35.5. The molecule has 0 spiro atoms. The van der Waals surface area contributed by atoms with Crippen molar-refractivity contribution >= 4 is 23.2 Å². The van der Waals surface area contributed by atoms with Gasteiger partial charge in [-0.05, 0) is 82.8 Å². The summed E-state index contributed by atoms with van der Waals surface area (Å²) >= 11 is 0. The highest BCUT2D eigenvalue weighted by molar-refractivity contribution is 5.97. The van der Waals surface area contributed by atoms with E-state index in [9.17, 15) is 13.2 Å². The van der Waals surface area contributed by atoms with Crippen LogP contribution in [0.5, 0.6) is 5.75 Å². The molecule has 0 aliphatic carbocycles. The van der Waals surface area contributed by atoms with Gasteiger partial charge < -0.3 is 10.1 Å². The van der Waals surface area contributed by atoms with Crippen LogP contribution in [0.25, 0.3) is 21.9 Å². The van der Waals surface area contributed by atoms with Crippen molar-refractivity contribution in [2.45, 2.75) is 38.5 Å². The molecule has 2 atom stereocenters. The molecule has 0 aliphatic heterocycles. The molecule has 0 saturated heterocycles. The van der Waals surface area contributed by atoms with Crippen LogP contribution in [0.4, 0.5) is 13.2 Å². The highest BCUT2D eigenvalue weighted by Crippen LogP contribution is 2.36. The summed E-state index contributed by atoms with van der Waals surface area (Å²) in [6, 6.07) is 25.8. The number of benzene rings is 4. The minimum absolute atomic E-state index is 0. The first kappa shape index (κ1) is 26.6. The van der Waals surface area contributed by atoms with Gasteiger partial charge in [-0.1, -0.05) is 55.5 Å². The van der Waals surface area contributed by atoms with E-state index in [0.717, 1.165) is 57.3 Å². The average Bonchev–Trinajstić information content (AvgIpc) is 2.86. The molecule has 0 amide bonds. The predicted molar refractivity (Wildman–Crippen MR) is 139 cm³/mol. The summed E-state index contributed by atoms with van der Waals surface area (Å²) in [4.78, 5) is 0. The number of methoxy groups -OCH3 is 1. The summed E-state index contributed by atoms with van der Waals surface area (Å²) in [6.07, 6.45) is -3.49. The van der Waals surface area contributed by atoms with Gasteiger partial charge in [0.15, 0.2) is 0 Å². The number of rotatable bonds is 7. The van der Waals surface area contributed by atoms with Gasteiger partial charge in [0, 0.05) is 12.1 Å². The van der Waals surface area contributed by atoms with E-state index in [1.54, 1.807) is 19.2 Å². The van der Waals surface area contributed by atoms with Crippen molar-refractivity contribution in [2.75, 3.05) is 7.11 Å². The van der Waals surface area contributed by atoms with Crippen LogP contribution in [-0.2, 0) is 6.18 Å². The minimum Gasteiger partial charge on any atom is -0.497 e. The van der Waals surface area contributed by atoms with Gasteiger partial charge in [0.05, 0.1) is 12.7 Å². The lowest BCUT2D eigenvalue weighted by molar-refractivity contribution is -0.137. The van der Waals surface area contributed by atoms with E-state index in [1.165, 1.54) is 0 Å². The van der Waals surface area contributed by atoms with Crippen molar-refractivity contribution in [1.82, 2.24) is 5.32 Å². The van der Waals surface area contributed by atoms with Crippen molar-refractivity contribution in [3.8, 4) is 16.9 Å². The van der Waals surface area contributed by atoms with Gasteiger partial charge in [-0.3, -0.25) is 0 Å². The SMILES string of the molecule is CC[C@@H](N[C@H](C)c1cccc(OC)c1)c1cc(-c2ccc(C(F)(F)F)cc2)c2ccccc2c1.Cl. The topological polar surface area (TPSA) is 21.3 Å². The number of halogens is 4. The summed E-state index contributed by atoms with van der Waals surface area (Å²) in [5.74, 6) is 0.814. The molecule has 0 aromatic heterocycles. The standard InChI is InChI=1S/C29H28F3NO.ClH/c1-4-28(33-19(2)21-9-7-10-25(17-21)34-3)23-16-22-8-5-6-11-26(22)27(18-23)20-12-14-24(15-13-20)29(30,31)32;/h5-19,28,33H,4H2,1-3H3;1H/t19-,28-;/m1./s1. The summed E-state index contributed by atoms with van der Waals surface area (Å²) in [5.41, 5.74) is 3.28. The van der Waals surface area contributed by atoms with E-state index < -0.39 is 11.7 Å². The summed E-state index contributed by atoms with van der Waals surface area (Å²) in [6.45, 7) is 4.25. The Hall–Kier alpha value is -3.02. The van der Waals surface area contributed by atoms with Crippen LogP contribution in [-0.4, -0.2) is 7.11 Å². The molecular formula is C29H29ClF3NO. The van der Waals surface area contributed by atoms with Crippen LogP contribution in [0, 0.1) is 0 Å². The van der Waals surface area contributed by atoms with Gasteiger partial charge in [0.1, 0.15) is 5.75 Å². The third kappa shape index (κ3) is 5.98. The number of hydrogen-bond donors (Lipinski definition) is 1. The van der Waals surface area contributed by atoms with E-state index in [-0.39, 0.29) is 24.5 Å². The van der Waals surface area contributed by atoms with Gasteiger partial charge in [0.25, 0.3) is 0 Å². The molecule has 4 aromatic rings. The lowest BCUT2D eigenvalue weighted by Crippen LogP contribution is -2.24. The maximum absolute atomic E-state index is 13.1. The zero-order chi connectivity index (χ0) is 24.3. The first-order chi connectivity index (χ1) is 16.3. The van der Waals surface area contributed by atoms with Crippen molar-refractivity contribution < 1.29 is 17.9 Å². The molecule has 6 heteroatoms. The lowest BCUT2D eigenvalue weighted by Gasteiger charge is -2.24. The van der Waals surface area contributed by atoms with Crippen LogP contribution < -0.4 is 10.1 Å². The Labute approximate surface area is 210 Å². The monoisotopic (exact) mass is 499 g/mol. The fourth-order valence-corrected chi connectivity index (χ4v) is 4.37. The van der Waals surface area contributed by atoms with Crippen molar-refractivity contribution in [1.29, 1.82) is 0 Å². The molecule has 2 nitrogen and oxygen atoms in total. The predicted octanol–water partition coefficient (Wildman–Crippen LogP) is 8.76. The fourth-order valence-electron chi connectivity index (χ4n) is 4.37. The second kappa shape index (κ2) is 11.1. The van der Waals surface area contributed by atoms with Crippen LogP contribution in [0.1, 0.15) is 49.0 Å². The molecule has 0 saturated carbocycles. The van der Waals surface area contributed by atoms with Gasteiger partial charge >= 0.3 is 6.18 Å². The summed E-state index contributed by atoms with van der Waals surface area (Å²) < 4.78 is 44.6. The van der Waals surface area contributed by atoms with Gasteiger partial charge in [-0.25, -0.2) is 0 Å². The van der Waals surface area contributed by atoms with Gasteiger partial charge in [0.2, 0.25) is 0 Å². The third-order valence-corrected chi connectivity index (χ3v) is 6.26. The molecule has 4 aromatic carbocycles. The Morgan fingerprint density at radius 3 is 2.23 bits per heavy atom. The quantitative estimate of drug-likeness (QED) is 0.274. The largest absolute Gasteiger partial charge is 0.497 e. The van der Waals surface area contributed by atoms with E-state index in [0.29, 0.717) is 0 Å². The molecule has 0 radical (unpaired) electrons. The fraction of sp³-hybridized carbons (Fsp3) is 0.241. The maximum Gasteiger partial charge on any atom is 0.416 e. The normalized spacial score (nSPS) is 13.2. The Balaban J connectivity index is 0.00000342. The van der Waals surface area contributed by atoms with Crippen LogP contribution in [0.2, 0.25) is 0 Å². The minimum atomic E-state index is -4.35. The molecule has 0 unspecified atom stereocenters. The summed E-state index contributed by atoms with van der Waals surface area (Å²) in [7, 11) is 1.66. The zero-order valence-electron chi connectivity index (χ0n) is 19.9. The number of alkyl halides is 3. The van der Waals surface area contributed by atoms with E-state index in [2.05, 4.69) is 37.4 Å². The summed E-state index contributed by atoms with van der Waals surface area (Å²) in [5, 5.41) is 5.79. The Bertz CT molecular complexity index is 1270. The molecule has 0 bridgehead atoms. The molecule has 0 fully saturated rings. The van der Waals surface area contributed by atoms with Crippen molar-refractivity contribution in [3.63, 3.8) is 0 Å². The highest BCUT2D eigenvalue weighted by Gasteiger charge is 2.30. The number of fused-ring (bicyclic) bond motifs is 1. The van der Waals surface area contributed by atoms with E-state index in [4.69, 9.17) is 4.74 Å². The number of hydrogen-bond acceptors (Lipinski definition) is 2. The molecule has 0 aliphatic rings. The average molecular weight is 500 g/mol. The first-order valence-corrected chi connectivity index (χ1v) is 11.4. The lowest BCUT2D eigenvalue weighted by atomic mass is 9.91.